The molecule has 0 aliphatic heterocycles. The number of methoxy groups -OCH3 is 1. The SMILES string of the molecule is CCCN(CCC)S(=O)(=O)c1cc(NC(C)=O)ccc1OC. The molecule has 0 unspecified atom stereocenters. The van der Waals surface area contributed by atoms with Gasteiger partial charge in [0.25, 0.3) is 0 Å². The first-order chi connectivity index (χ1) is 10.4. The molecule has 1 aromatic carbocycles. The van der Waals surface area contributed by atoms with Gasteiger partial charge in [0, 0.05) is 25.7 Å². The molecule has 1 rings (SSSR count). The Balaban J connectivity index is 3.33. The summed E-state index contributed by atoms with van der Waals surface area (Å²) in [6, 6.07) is 4.60. The molecule has 22 heavy (non-hydrogen) atoms. The average Bonchev–Trinajstić information content (AvgIpc) is 2.46. The molecule has 0 fully saturated rings. The number of benzene rings is 1. The monoisotopic (exact) mass is 328 g/mol. The highest BCUT2D eigenvalue weighted by molar-refractivity contribution is 7.89. The Kier molecular flexibility index (Phi) is 6.83. The third kappa shape index (κ3) is 4.45. The highest BCUT2D eigenvalue weighted by Gasteiger charge is 2.27. The summed E-state index contributed by atoms with van der Waals surface area (Å²) in [4.78, 5) is 11.2. The number of nitrogens with one attached hydrogen (secondary N) is 1. The molecule has 0 aliphatic carbocycles. The molecular weight excluding hydrogens is 304 g/mol. The van der Waals surface area contributed by atoms with Gasteiger partial charge in [0.1, 0.15) is 10.6 Å². The maximum absolute atomic E-state index is 12.9. The van der Waals surface area contributed by atoms with Gasteiger partial charge in [0.2, 0.25) is 15.9 Å². The zero-order chi connectivity index (χ0) is 16.8. The van der Waals surface area contributed by atoms with Crippen molar-refractivity contribution in [2.45, 2.75) is 38.5 Å². The Morgan fingerprint density at radius 1 is 1.23 bits per heavy atom. The maximum Gasteiger partial charge on any atom is 0.246 e. The quantitative estimate of drug-likeness (QED) is 0.795. The zero-order valence-corrected chi connectivity index (χ0v) is 14.4. The highest BCUT2D eigenvalue weighted by atomic mass is 32.2. The highest BCUT2D eigenvalue weighted by Crippen LogP contribution is 2.30. The zero-order valence-electron chi connectivity index (χ0n) is 13.5. The fourth-order valence-electron chi connectivity index (χ4n) is 2.15. The molecule has 0 bridgehead atoms. The van der Waals surface area contributed by atoms with Crippen LogP contribution in [0.2, 0.25) is 0 Å². The molecule has 1 N–H and O–H groups in total. The predicted octanol–water partition coefficient (Wildman–Crippen LogP) is 2.46. The van der Waals surface area contributed by atoms with Gasteiger partial charge in [0.15, 0.2) is 0 Å². The molecular formula is C15H24N2O4S. The normalized spacial score (nSPS) is 11.5. The lowest BCUT2D eigenvalue weighted by Gasteiger charge is -2.22. The fraction of sp³-hybridized carbons (Fsp3) is 0.533. The molecule has 0 saturated heterocycles. The van der Waals surface area contributed by atoms with E-state index < -0.39 is 10.0 Å². The average molecular weight is 328 g/mol. The van der Waals surface area contributed by atoms with Crippen LogP contribution in [0.15, 0.2) is 23.1 Å². The summed E-state index contributed by atoms with van der Waals surface area (Å²) in [5, 5.41) is 2.59. The van der Waals surface area contributed by atoms with Crippen LogP contribution in [0.3, 0.4) is 0 Å². The van der Waals surface area contributed by atoms with Crippen LogP contribution in [-0.2, 0) is 14.8 Å². The Bertz CT molecular complexity index is 608. The Morgan fingerprint density at radius 3 is 2.27 bits per heavy atom. The molecule has 6 nitrogen and oxygen atoms in total. The van der Waals surface area contributed by atoms with Gasteiger partial charge in [-0.2, -0.15) is 4.31 Å². The van der Waals surface area contributed by atoms with Crippen molar-refractivity contribution >= 4 is 21.6 Å². The number of amides is 1. The number of nitrogens with zero attached hydrogens (tertiary/aromatic N) is 1. The van der Waals surface area contributed by atoms with E-state index in [1.165, 1.54) is 24.4 Å². The van der Waals surface area contributed by atoms with Gasteiger partial charge < -0.3 is 10.1 Å². The summed E-state index contributed by atoms with van der Waals surface area (Å²) < 4.78 is 32.4. The van der Waals surface area contributed by atoms with Crippen LogP contribution in [-0.4, -0.2) is 38.8 Å². The minimum atomic E-state index is -3.67. The van der Waals surface area contributed by atoms with Crippen molar-refractivity contribution in [2.24, 2.45) is 0 Å². The fourth-order valence-corrected chi connectivity index (χ4v) is 3.95. The first-order valence-electron chi connectivity index (χ1n) is 7.32. The van der Waals surface area contributed by atoms with E-state index in [1.54, 1.807) is 12.1 Å². The third-order valence-corrected chi connectivity index (χ3v) is 4.97. The van der Waals surface area contributed by atoms with Crippen LogP contribution in [0.25, 0.3) is 0 Å². The standard InChI is InChI=1S/C15H24N2O4S/c1-5-9-17(10-6-2)22(19,20)15-11-13(16-12(3)18)7-8-14(15)21-4/h7-8,11H,5-6,9-10H2,1-4H3,(H,16,18). The molecule has 7 heteroatoms. The lowest BCUT2D eigenvalue weighted by Crippen LogP contribution is -2.32. The van der Waals surface area contributed by atoms with Crippen LogP contribution < -0.4 is 10.1 Å². The van der Waals surface area contributed by atoms with Gasteiger partial charge in [-0.15, -0.1) is 0 Å². The predicted molar refractivity (Wildman–Crippen MR) is 86.6 cm³/mol. The van der Waals surface area contributed by atoms with Crippen molar-refractivity contribution in [2.75, 3.05) is 25.5 Å². The number of ether oxygens (including phenoxy) is 1. The molecule has 0 saturated carbocycles. The number of carbonyl (C=O) groups excluding carboxylic acids is 1. The van der Waals surface area contributed by atoms with Gasteiger partial charge in [-0.3, -0.25) is 4.79 Å². The van der Waals surface area contributed by atoms with Gasteiger partial charge in [0.05, 0.1) is 7.11 Å². The molecule has 124 valence electrons. The van der Waals surface area contributed by atoms with Crippen LogP contribution in [0.5, 0.6) is 5.75 Å². The van der Waals surface area contributed by atoms with Gasteiger partial charge >= 0.3 is 0 Å². The molecule has 0 atom stereocenters. The summed E-state index contributed by atoms with van der Waals surface area (Å²) in [6.07, 6.45) is 1.46. The number of anilines is 1. The van der Waals surface area contributed by atoms with Crippen molar-refractivity contribution in [1.82, 2.24) is 4.31 Å². The Morgan fingerprint density at radius 2 is 1.82 bits per heavy atom. The van der Waals surface area contributed by atoms with E-state index in [0.29, 0.717) is 18.8 Å². The summed E-state index contributed by atoms with van der Waals surface area (Å²) >= 11 is 0. The number of hydrogen-bond acceptors (Lipinski definition) is 4. The molecule has 0 aliphatic rings. The van der Waals surface area contributed by atoms with Crippen LogP contribution in [0.1, 0.15) is 33.6 Å². The minimum Gasteiger partial charge on any atom is -0.495 e. The minimum absolute atomic E-state index is 0.0724. The summed E-state index contributed by atoms with van der Waals surface area (Å²) in [5.41, 5.74) is 0.430. The second-order valence-corrected chi connectivity index (χ2v) is 6.86. The Hall–Kier alpha value is -1.60. The Labute approximate surface area is 132 Å². The van der Waals surface area contributed by atoms with E-state index in [-0.39, 0.29) is 16.6 Å². The van der Waals surface area contributed by atoms with Crippen molar-refractivity contribution in [1.29, 1.82) is 0 Å². The molecule has 0 aromatic heterocycles. The van der Waals surface area contributed by atoms with Crippen molar-refractivity contribution in [3.05, 3.63) is 18.2 Å². The van der Waals surface area contributed by atoms with E-state index in [4.69, 9.17) is 4.74 Å². The van der Waals surface area contributed by atoms with Gasteiger partial charge in [-0.25, -0.2) is 8.42 Å². The lowest BCUT2D eigenvalue weighted by molar-refractivity contribution is -0.114. The topological polar surface area (TPSA) is 75.7 Å². The second kappa shape index (κ2) is 8.14. The molecule has 1 amide bonds. The molecule has 0 spiro atoms. The van der Waals surface area contributed by atoms with E-state index in [9.17, 15) is 13.2 Å². The lowest BCUT2D eigenvalue weighted by atomic mass is 10.3. The smallest absolute Gasteiger partial charge is 0.246 e. The van der Waals surface area contributed by atoms with Gasteiger partial charge in [-0.05, 0) is 31.0 Å². The van der Waals surface area contributed by atoms with Crippen molar-refractivity contribution in [3.63, 3.8) is 0 Å². The summed E-state index contributed by atoms with van der Waals surface area (Å²) in [5.74, 6) is 0.0128. The number of sulfonamides is 1. The van der Waals surface area contributed by atoms with Crippen LogP contribution in [0, 0.1) is 0 Å². The summed E-state index contributed by atoms with van der Waals surface area (Å²) in [7, 11) is -2.24. The van der Waals surface area contributed by atoms with E-state index >= 15 is 0 Å². The van der Waals surface area contributed by atoms with Crippen molar-refractivity contribution < 1.29 is 17.9 Å². The molecule has 0 heterocycles. The van der Waals surface area contributed by atoms with Crippen molar-refractivity contribution in [3.8, 4) is 5.75 Å². The largest absolute Gasteiger partial charge is 0.495 e. The number of hydrogen-bond donors (Lipinski definition) is 1. The third-order valence-electron chi connectivity index (χ3n) is 3.05. The van der Waals surface area contributed by atoms with Gasteiger partial charge in [-0.1, -0.05) is 13.8 Å². The van der Waals surface area contributed by atoms with Crippen LogP contribution in [0.4, 0.5) is 5.69 Å². The summed E-state index contributed by atoms with van der Waals surface area (Å²) in [6.45, 7) is 6.14. The molecule has 0 radical (unpaired) electrons. The van der Waals surface area contributed by atoms with E-state index in [1.807, 2.05) is 13.8 Å². The maximum atomic E-state index is 12.9. The van der Waals surface area contributed by atoms with E-state index in [2.05, 4.69) is 5.32 Å². The first-order valence-corrected chi connectivity index (χ1v) is 8.76. The molecule has 1 aromatic rings. The van der Waals surface area contributed by atoms with E-state index in [0.717, 1.165) is 12.8 Å². The number of rotatable bonds is 8. The number of carbonyl (C=O) groups is 1. The first kappa shape index (κ1) is 18.4. The van der Waals surface area contributed by atoms with Crippen LogP contribution >= 0.6 is 0 Å². The second-order valence-electron chi connectivity index (χ2n) is 4.95.